The van der Waals surface area contributed by atoms with Crippen LogP contribution in [0.2, 0.25) is 0 Å². The number of rotatable bonds is 2. The molecule has 2 fully saturated rings. The monoisotopic (exact) mass is 197 g/mol. The Bertz CT molecular complexity index is 213. The molecule has 14 heavy (non-hydrogen) atoms. The molecule has 2 rings (SSSR count). The van der Waals surface area contributed by atoms with Crippen molar-refractivity contribution in [3.05, 3.63) is 0 Å². The largest absolute Gasteiger partial charge is 0.338 e. The molecule has 80 valence electrons. The molecule has 0 saturated carbocycles. The molecule has 2 aliphatic rings. The Hall–Kier alpha value is -0.610. The van der Waals surface area contributed by atoms with Gasteiger partial charge in [-0.05, 0) is 31.8 Å². The molecule has 4 heteroatoms. The summed E-state index contributed by atoms with van der Waals surface area (Å²) in [6.07, 6.45) is 2.99. The Balaban J connectivity index is 1.93. The highest BCUT2D eigenvalue weighted by Crippen LogP contribution is 2.22. The summed E-state index contributed by atoms with van der Waals surface area (Å²) in [7, 11) is 0. The summed E-state index contributed by atoms with van der Waals surface area (Å²) in [5.74, 6) is 0.693. The van der Waals surface area contributed by atoms with Gasteiger partial charge in [-0.2, -0.15) is 0 Å². The number of nitrogens with zero attached hydrogens (tertiary/aromatic N) is 1. The number of nitrogens with one attached hydrogen (secondary N) is 1. The van der Waals surface area contributed by atoms with E-state index in [4.69, 9.17) is 5.73 Å². The van der Waals surface area contributed by atoms with Crippen LogP contribution in [0.4, 0.5) is 0 Å². The van der Waals surface area contributed by atoms with Gasteiger partial charge in [0, 0.05) is 25.6 Å². The van der Waals surface area contributed by atoms with E-state index in [0.29, 0.717) is 30.8 Å². The number of amides is 1. The molecule has 0 spiro atoms. The highest BCUT2D eigenvalue weighted by atomic mass is 16.2. The molecule has 2 unspecified atom stereocenters. The predicted octanol–water partition coefficient (Wildman–Crippen LogP) is -0.454. The van der Waals surface area contributed by atoms with Crippen molar-refractivity contribution in [2.24, 2.45) is 11.7 Å². The second-order valence-electron chi connectivity index (χ2n) is 4.35. The smallest absolute Gasteiger partial charge is 0.223 e. The van der Waals surface area contributed by atoms with Crippen molar-refractivity contribution >= 4 is 5.91 Å². The van der Waals surface area contributed by atoms with Crippen LogP contribution in [0.25, 0.3) is 0 Å². The van der Waals surface area contributed by atoms with E-state index in [0.717, 1.165) is 26.1 Å². The maximum absolute atomic E-state index is 11.7. The van der Waals surface area contributed by atoms with E-state index in [-0.39, 0.29) is 0 Å². The molecule has 1 amide bonds. The lowest BCUT2D eigenvalue weighted by Gasteiger charge is -2.31. The molecule has 0 aromatic rings. The molecule has 0 aliphatic carbocycles. The van der Waals surface area contributed by atoms with Crippen LogP contribution in [-0.2, 0) is 4.79 Å². The van der Waals surface area contributed by atoms with Crippen LogP contribution in [0.5, 0.6) is 0 Å². The fourth-order valence-electron chi connectivity index (χ4n) is 2.42. The first-order valence-corrected chi connectivity index (χ1v) is 5.51. The lowest BCUT2D eigenvalue weighted by molar-refractivity contribution is -0.130. The standard InChI is InChI=1S/C10H19N3O/c11-5-8-4-10(14)13(7-8)9-2-1-3-12-6-9/h8-9,12H,1-7,11H2. The number of likely N-dealkylation sites (tertiary alicyclic amines) is 1. The van der Waals surface area contributed by atoms with E-state index < -0.39 is 0 Å². The number of carbonyl (C=O) groups excluding carboxylic acids is 1. The number of hydrogen-bond donors (Lipinski definition) is 2. The molecular formula is C10H19N3O. The Morgan fingerprint density at radius 3 is 3.00 bits per heavy atom. The third-order valence-corrected chi connectivity index (χ3v) is 3.28. The van der Waals surface area contributed by atoms with E-state index in [2.05, 4.69) is 5.32 Å². The van der Waals surface area contributed by atoms with Crippen LogP contribution in [0.15, 0.2) is 0 Å². The van der Waals surface area contributed by atoms with Crippen molar-refractivity contribution < 1.29 is 4.79 Å². The summed E-state index contributed by atoms with van der Waals surface area (Å²) in [6.45, 7) is 3.58. The van der Waals surface area contributed by atoms with Crippen molar-refractivity contribution in [2.75, 3.05) is 26.2 Å². The van der Waals surface area contributed by atoms with E-state index >= 15 is 0 Å². The zero-order chi connectivity index (χ0) is 9.97. The van der Waals surface area contributed by atoms with Gasteiger partial charge in [-0.25, -0.2) is 0 Å². The zero-order valence-electron chi connectivity index (χ0n) is 8.54. The molecule has 2 heterocycles. The Labute approximate surface area is 84.8 Å². The Kier molecular flexibility index (Phi) is 3.03. The number of carbonyl (C=O) groups is 1. The summed E-state index contributed by atoms with van der Waals surface area (Å²) in [5, 5.41) is 3.34. The first-order valence-electron chi connectivity index (χ1n) is 5.51. The van der Waals surface area contributed by atoms with Crippen molar-refractivity contribution in [1.82, 2.24) is 10.2 Å². The lowest BCUT2D eigenvalue weighted by Crippen LogP contribution is -2.46. The normalized spacial score (nSPS) is 33.8. The average Bonchev–Trinajstić information content (AvgIpc) is 2.61. The molecule has 0 aromatic heterocycles. The van der Waals surface area contributed by atoms with Crippen LogP contribution >= 0.6 is 0 Å². The second-order valence-corrected chi connectivity index (χ2v) is 4.35. The van der Waals surface area contributed by atoms with Gasteiger partial charge in [-0.15, -0.1) is 0 Å². The summed E-state index contributed by atoms with van der Waals surface area (Å²) in [5.41, 5.74) is 5.59. The lowest BCUT2D eigenvalue weighted by atomic mass is 10.1. The molecule has 0 radical (unpaired) electrons. The summed E-state index contributed by atoms with van der Waals surface area (Å²) in [4.78, 5) is 13.7. The van der Waals surface area contributed by atoms with E-state index in [1.54, 1.807) is 0 Å². The first kappa shape index (κ1) is 9.93. The highest BCUT2D eigenvalue weighted by Gasteiger charge is 2.33. The minimum Gasteiger partial charge on any atom is -0.338 e. The maximum Gasteiger partial charge on any atom is 0.223 e. The van der Waals surface area contributed by atoms with Crippen LogP contribution in [-0.4, -0.2) is 43.0 Å². The molecular weight excluding hydrogens is 178 g/mol. The molecule has 2 atom stereocenters. The number of nitrogens with two attached hydrogens (primary N) is 1. The number of hydrogen-bond acceptors (Lipinski definition) is 3. The zero-order valence-corrected chi connectivity index (χ0v) is 8.54. The van der Waals surface area contributed by atoms with E-state index in [1.807, 2.05) is 4.90 Å². The van der Waals surface area contributed by atoms with Crippen LogP contribution in [0.3, 0.4) is 0 Å². The molecule has 4 nitrogen and oxygen atoms in total. The minimum absolute atomic E-state index is 0.300. The quantitative estimate of drug-likeness (QED) is 0.630. The SMILES string of the molecule is NCC1CC(=O)N(C2CCCNC2)C1. The minimum atomic E-state index is 0.300. The van der Waals surface area contributed by atoms with Gasteiger partial charge in [0.1, 0.15) is 0 Å². The van der Waals surface area contributed by atoms with Gasteiger partial charge in [0.25, 0.3) is 0 Å². The first-order chi connectivity index (χ1) is 6.81. The van der Waals surface area contributed by atoms with Gasteiger partial charge >= 0.3 is 0 Å². The predicted molar refractivity (Wildman–Crippen MR) is 54.8 cm³/mol. The van der Waals surface area contributed by atoms with E-state index in [9.17, 15) is 4.79 Å². The average molecular weight is 197 g/mol. The molecule has 0 aromatic carbocycles. The topological polar surface area (TPSA) is 58.4 Å². The molecule has 3 N–H and O–H groups in total. The highest BCUT2D eigenvalue weighted by molar-refractivity contribution is 5.79. The van der Waals surface area contributed by atoms with Crippen molar-refractivity contribution in [3.8, 4) is 0 Å². The van der Waals surface area contributed by atoms with Crippen LogP contribution in [0.1, 0.15) is 19.3 Å². The van der Waals surface area contributed by atoms with Crippen molar-refractivity contribution in [3.63, 3.8) is 0 Å². The van der Waals surface area contributed by atoms with Gasteiger partial charge < -0.3 is 16.0 Å². The van der Waals surface area contributed by atoms with Gasteiger partial charge in [-0.1, -0.05) is 0 Å². The molecule has 2 saturated heterocycles. The van der Waals surface area contributed by atoms with Gasteiger partial charge in [0.2, 0.25) is 5.91 Å². The summed E-state index contributed by atoms with van der Waals surface area (Å²) < 4.78 is 0. The maximum atomic E-state index is 11.7. The Morgan fingerprint density at radius 2 is 2.43 bits per heavy atom. The van der Waals surface area contributed by atoms with Gasteiger partial charge in [0.05, 0.1) is 0 Å². The van der Waals surface area contributed by atoms with Gasteiger partial charge in [-0.3, -0.25) is 4.79 Å². The summed E-state index contributed by atoms with van der Waals surface area (Å²) in [6, 6.07) is 0.424. The van der Waals surface area contributed by atoms with Crippen LogP contribution < -0.4 is 11.1 Å². The second kappa shape index (κ2) is 4.28. The van der Waals surface area contributed by atoms with Crippen LogP contribution in [0, 0.1) is 5.92 Å². The molecule has 2 aliphatic heterocycles. The van der Waals surface area contributed by atoms with E-state index in [1.165, 1.54) is 6.42 Å². The van der Waals surface area contributed by atoms with Crippen molar-refractivity contribution in [2.45, 2.75) is 25.3 Å². The van der Waals surface area contributed by atoms with Gasteiger partial charge in [0.15, 0.2) is 0 Å². The number of piperidine rings is 1. The fraction of sp³-hybridized carbons (Fsp3) is 0.900. The van der Waals surface area contributed by atoms with Crippen molar-refractivity contribution in [1.29, 1.82) is 0 Å². The fourth-order valence-corrected chi connectivity index (χ4v) is 2.42. The third-order valence-electron chi connectivity index (χ3n) is 3.28. The molecule has 0 bridgehead atoms. The Morgan fingerprint density at radius 1 is 1.57 bits per heavy atom. The third kappa shape index (κ3) is 1.91. The summed E-state index contributed by atoms with van der Waals surface area (Å²) >= 11 is 0.